The van der Waals surface area contributed by atoms with Crippen molar-refractivity contribution < 1.29 is 13.2 Å². The van der Waals surface area contributed by atoms with Crippen LogP contribution >= 0.6 is 0 Å². The van der Waals surface area contributed by atoms with Crippen LogP contribution in [0.15, 0.2) is 30.7 Å². The molecule has 1 unspecified atom stereocenters. The first kappa shape index (κ1) is 20.0. The molecule has 3 aromatic heterocycles. The van der Waals surface area contributed by atoms with Gasteiger partial charge >= 0.3 is 6.18 Å². The monoisotopic (exact) mass is 431 g/mol. The van der Waals surface area contributed by atoms with Crippen LogP contribution < -0.4 is 5.73 Å². The van der Waals surface area contributed by atoms with Crippen molar-refractivity contribution in [2.24, 2.45) is 7.05 Å². The Balaban J connectivity index is 1.44. The number of nitrogens with two attached hydrogens (primary N) is 1. The number of aryl methyl sites for hydroxylation is 2. The number of fused-ring (bicyclic) bond motifs is 2. The number of pyridine rings is 1. The molecule has 3 aromatic rings. The fraction of sp³-hybridized carbons (Fsp3) is 0.476. The molecule has 2 aliphatic rings. The number of nitrogen functional groups attached to an aromatic ring is 1. The zero-order chi connectivity index (χ0) is 22.0. The number of rotatable bonds is 3. The Morgan fingerprint density at radius 3 is 2.65 bits per heavy atom. The normalized spacial score (nSPS) is 22.4. The number of likely N-dealkylation sites (tertiary alicyclic amines) is 1. The first-order valence-corrected chi connectivity index (χ1v) is 10.3. The first-order chi connectivity index (χ1) is 14.7. The molecule has 2 N–H and O–H groups in total. The number of hydrogen-bond donors (Lipinski definition) is 1. The summed E-state index contributed by atoms with van der Waals surface area (Å²) >= 11 is 0. The van der Waals surface area contributed by atoms with Gasteiger partial charge in [0.2, 0.25) is 0 Å². The van der Waals surface area contributed by atoms with Crippen molar-refractivity contribution in [3.8, 4) is 11.3 Å². The van der Waals surface area contributed by atoms with Crippen LogP contribution in [0.5, 0.6) is 0 Å². The average Bonchev–Trinajstić information content (AvgIpc) is 3.47. The second kappa shape index (κ2) is 6.81. The summed E-state index contributed by atoms with van der Waals surface area (Å²) in [5.41, 5.74) is 6.39. The van der Waals surface area contributed by atoms with Gasteiger partial charge in [0.25, 0.3) is 0 Å². The molecule has 5 rings (SSSR count). The third kappa shape index (κ3) is 3.20. The Bertz CT molecular complexity index is 1130. The van der Waals surface area contributed by atoms with E-state index in [4.69, 9.17) is 5.73 Å². The van der Waals surface area contributed by atoms with Crippen LogP contribution in [0, 0.1) is 0 Å². The molecule has 1 spiro atoms. The molecule has 5 heterocycles. The highest BCUT2D eigenvalue weighted by molar-refractivity contribution is 5.63. The van der Waals surface area contributed by atoms with Crippen LogP contribution in [0.3, 0.4) is 0 Å². The topological polar surface area (TPSA) is 77.8 Å². The van der Waals surface area contributed by atoms with Crippen molar-refractivity contribution in [1.29, 1.82) is 0 Å². The quantitative estimate of drug-likeness (QED) is 0.688. The zero-order valence-electron chi connectivity index (χ0n) is 17.4. The van der Waals surface area contributed by atoms with Crippen LogP contribution in [0.2, 0.25) is 0 Å². The van der Waals surface area contributed by atoms with Gasteiger partial charge in [-0.15, -0.1) is 0 Å². The first-order valence-electron chi connectivity index (χ1n) is 10.3. The lowest BCUT2D eigenvalue weighted by molar-refractivity contribution is -0.137. The Hall–Kier alpha value is -2.88. The fourth-order valence-corrected chi connectivity index (χ4v) is 5.04. The van der Waals surface area contributed by atoms with E-state index in [1.807, 2.05) is 34.8 Å². The van der Waals surface area contributed by atoms with Gasteiger partial charge in [0.1, 0.15) is 11.6 Å². The van der Waals surface area contributed by atoms with Crippen molar-refractivity contribution in [2.75, 3.05) is 18.8 Å². The van der Waals surface area contributed by atoms with Crippen molar-refractivity contribution in [3.63, 3.8) is 0 Å². The minimum atomic E-state index is -4.55. The Kier molecular flexibility index (Phi) is 4.40. The molecule has 1 saturated heterocycles. The Morgan fingerprint density at radius 1 is 1.16 bits per heavy atom. The molecule has 0 saturated carbocycles. The van der Waals surface area contributed by atoms with Crippen molar-refractivity contribution in [2.45, 2.75) is 43.9 Å². The number of halogens is 3. The summed E-state index contributed by atoms with van der Waals surface area (Å²) in [7, 11) is 2.00. The summed E-state index contributed by atoms with van der Waals surface area (Å²) < 4.78 is 43.7. The number of nitrogens with zero attached hydrogens (tertiary/aromatic N) is 6. The molecule has 1 fully saturated rings. The number of anilines is 1. The van der Waals surface area contributed by atoms with E-state index in [1.165, 1.54) is 6.20 Å². The molecule has 0 radical (unpaired) electrons. The third-order valence-corrected chi connectivity index (χ3v) is 6.81. The molecule has 0 aliphatic carbocycles. The van der Waals surface area contributed by atoms with E-state index in [9.17, 15) is 13.2 Å². The highest BCUT2D eigenvalue weighted by atomic mass is 19.4. The van der Waals surface area contributed by atoms with Crippen LogP contribution in [-0.2, 0) is 25.2 Å². The largest absolute Gasteiger partial charge is 0.419 e. The van der Waals surface area contributed by atoms with Gasteiger partial charge < -0.3 is 10.3 Å². The van der Waals surface area contributed by atoms with E-state index in [0.29, 0.717) is 11.3 Å². The summed E-state index contributed by atoms with van der Waals surface area (Å²) in [6, 6.07) is 3.15. The van der Waals surface area contributed by atoms with Gasteiger partial charge in [0, 0.05) is 55.4 Å². The van der Waals surface area contributed by atoms with E-state index >= 15 is 0 Å². The molecular weight excluding hydrogens is 407 g/mol. The molecule has 2 atom stereocenters. The third-order valence-electron chi connectivity index (χ3n) is 6.81. The van der Waals surface area contributed by atoms with Gasteiger partial charge in [-0.05, 0) is 38.4 Å². The maximum atomic E-state index is 13.3. The van der Waals surface area contributed by atoms with Crippen LogP contribution in [0.4, 0.5) is 19.0 Å². The smallest absolute Gasteiger partial charge is 0.383 e. The van der Waals surface area contributed by atoms with Crippen molar-refractivity contribution in [1.82, 2.24) is 29.2 Å². The lowest BCUT2D eigenvalue weighted by atomic mass is 9.82. The highest BCUT2D eigenvalue weighted by Gasteiger charge is 2.47. The van der Waals surface area contributed by atoms with Gasteiger partial charge in [0.05, 0.1) is 17.3 Å². The Morgan fingerprint density at radius 2 is 1.94 bits per heavy atom. The van der Waals surface area contributed by atoms with E-state index in [0.717, 1.165) is 50.1 Å². The molecule has 164 valence electrons. The van der Waals surface area contributed by atoms with Gasteiger partial charge in [-0.3, -0.25) is 9.58 Å². The van der Waals surface area contributed by atoms with Gasteiger partial charge in [-0.25, -0.2) is 9.97 Å². The summed E-state index contributed by atoms with van der Waals surface area (Å²) in [5.74, 6) is 0.506. The van der Waals surface area contributed by atoms with E-state index in [1.54, 1.807) is 0 Å². The highest BCUT2D eigenvalue weighted by Crippen LogP contribution is 2.46. The second-order valence-corrected chi connectivity index (χ2v) is 8.62. The number of aromatic nitrogens is 5. The van der Waals surface area contributed by atoms with Crippen molar-refractivity contribution in [3.05, 3.63) is 47.8 Å². The Labute approximate surface area is 177 Å². The zero-order valence-corrected chi connectivity index (χ0v) is 17.4. The maximum absolute atomic E-state index is 13.3. The molecule has 7 nitrogen and oxygen atoms in total. The standard InChI is InChI=1S/C21H24F3N7/c1-13(19-26-5-8-29(19)2)30-6-3-20(12-30)4-7-31-17(20)10-16(28-31)14-9-15(21(22,23)24)18(25)27-11-14/h5,8-11,13H,3-4,6-7,12H2,1-2H3,(H2,25,27)/t13?,20-/m1/s1. The summed E-state index contributed by atoms with van der Waals surface area (Å²) in [4.78, 5) is 10.7. The summed E-state index contributed by atoms with van der Waals surface area (Å²) in [5, 5.41) is 4.60. The second-order valence-electron chi connectivity index (χ2n) is 8.62. The molecule has 0 aromatic carbocycles. The van der Waals surface area contributed by atoms with Crippen LogP contribution in [0.25, 0.3) is 11.3 Å². The molecule has 2 aliphatic heterocycles. The fourth-order valence-electron chi connectivity index (χ4n) is 5.04. The average molecular weight is 431 g/mol. The number of alkyl halides is 3. The maximum Gasteiger partial charge on any atom is 0.419 e. The van der Waals surface area contributed by atoms with E-state index < -0.39 is 17.6 Å². The van der Waals surface area contributed by atoms with Gasteiger partial charge in [-0.2, -0.15) is 18.3 Å². The van der Waals surface area contributed by atoms with Gasteiger partial charge in [0.15, 0.2) is 0 Å². The molecule has 10 heteroatoms. The lowest BCUT2D eigenvalue weighted by Gasteiger charge is -2.27. The predicted octanol–water partition coefficient (Wildman–Crippen LogP) is 3.39. The number of imidazole rings is 1. The van der Waals surface area contributed by atoms with Gasteiger partial charge in [-0.1, -0.05) is 0 Å². The van der Waals surface area contributed by atoms with Crippen molar-refractivity contribution >= 4 is 5.82 Å². The lowest BCUT2D eigenvalue weighted by Crippen LogP contribution is -2.31. The molecule has 0 amide bonds. The minimum Gasteiger partial charge on any atom is -0.383 e. The summed E-state index contributed by atoms with van der Waals surface area (Å²) in [6.07, 6.45) is 2.53. The van der Waals surface area contributed by atoms with E-state index in [2.05, 4.69) is 26.9 Å². The molecule has 31 heavy (non-hydrogen) atoms. The number of hydrogen-bond acceptors (Lipinski definition) is 5. The SMILES string of the molecule is CC(c1nccn1C)N1CC[C@@]2(CCn3nc(-c4cnc(N)c(C(F)(F)F)c4)cc32)C1. The van der Waals surface area contributed by atoms with E-state index in [-0.39, 0.29) is 11.5 Å². The molecular formula is C21H24F3N7. The van der Waals surface area contributed by atoms with Crippen LogP contribution in [0.1, 0.15) is 42.9 Å². The predicted molar refractivity (Wildman–Crippen MR) is 109 cm³/mol. The molecule has 0 bridgehead atoms. The van der Waals surface area contributed by atoms with Crippen LogP contribution in [-0.4, -0.2) is 42.3 Å². The summed E-state index contributed by atoms with van der Waals surface area (Å²) in [6.45, 7) is 4.74. The minimum absolute atomic E-state index is 0.0429.